The molecule has 11 heteroatoms. The number of alkyl halides is 3. The van der Waals surface area contributed by atoms with E-state index in [1.165, 1.54) is 12.1 Å². The van der Waals surface area contributed by atoms with Gasteiger partial charge >= 0.3 is 12.3 Å². The van der Waals surface area contributed by atoms with Crippen LogP contribution in [0.15, 0.2) is 18.2 Å². The molecule has 1 aromatic carbocycles. The van der Waals surface area contributed by atoms with Gasteiger partial charge in [0.05, 0.1) is 34.0 Å². The lowest BCUT2D eigenvalue weighted by molar-refractivity contribution is -0.137. The topological polar surface area (TPSA) is 117 Å². The number of fused-ring (bicyclic) bond motifs is 5. The first-order valence-corrected chi connectivity index (χ1v) is 10.2. The molecule has 0 unspecified atom stereocenters. The summed E-state index contributed by atoms with van der Waals surface area (Å²) in [4.78, 5) is 12.2. The summed E-state index contributed by atoms with van der Waals surface area (Å²) in [5, 5.41) is 33.6. The molecule has 0 saturated carbocycles. The summed E-state index contributed by atoms with van der Waals surface area (Å²) >= 11 is 0. The van der Waals surface area contributed by atoms with Crippen LogP contribution in [0.3, 0.4) is 0 Å². The van der Waals surface area contributed by atoms with E-state index in [0.29, 0.717) is 6.07 Å². The Kier molecular flexibility index (Phi) is 4.87. The molecule has 4 rings (SSSR count). The lowest BCUT2D eigenvalue weighted by Gasteiger charge is -2.29. The van der Waals surface area contributed by atoms with E-state index < -0.39 is 52.5 Å². The molecule has 1 aromatic heterocycles. The average molecular weight is 465 g/mol. The number of nitrogens with one attached hydrogen (secondary N) is 1. The molecule has 2 aliphatic rings. The number of benzene rings is 1. The van der Waals surface area contributed by atoms with Crippen molar-refractivity contribution in [3.63, 3.8) is 0 Å². The summed E-state index contributed by atoms with van der Waals surface area (Å²) in [6.07, 6.45) is -6.14. The quantitative estimate of drug-likeness (QED) is 0.627. The number of nitrogens with zero attached hydrogens (tertiary/aromatic N) is 2. The Labute approximate surface area is 187 Å². The molecule has 2 aromatic rings. The van der Waals surface area contributed by atoms with Crippen molar-refractivity contribution in [2.24, 2.45) is 0 Å². The molecule has 1 amide bonds. The highest BCUT2D eigenvalue weighted by Gasteiger charge is 2.66. The minimum atomic E-state index is -4.81. The van der Waals surface area contributed by atoms with Crippen molar-refractivity contribution in [2.45, 2.75) is 63.6 Å². The van der Waals surface area contributed by atoms with Gasteiger partial charge in [-0.25, -0.2) is 4.79 Å². The Balaban J connectivity index is 1.82. The van der Waals surface area contributed by atoms with E-state index in [1.807, 2.05) is 0 Å². The number of amides is 1. The van der Waals surface area contributed by atoms with Gasteiger partial charge in [0, 0.05) is 12.5 Å². The third kappa shape index (κ3) is 3.28. The number of nitriles is 1. The zero-order chi connectivity index (χ0) is 24.5. The van der Waals surface area contributed by atoms with E-state index >= 15 is 0 Å². The number of ether oxygens (including phenoxy) is 2. The van der Waals surface area contributed by atoms with E-state index in [-0.39, 0.29) is 29.3 Å². The van der Waals surface area contributed by atoms with E-state index in [1.54, 1.807) is 27.7 Å². The third-order valence-corrected chi connectivity index (χ3v) is 6.12. The van der Waals surface area contributed by atoms with Crippen molar-refractivity contribution in [2.75, 3.05) is 0 Å². The number of rotatable bonds is 3. The highest BCUT2D eigenvalue weighted by Crippen LogP contribution is 2.65. The molecule has 2 aliphatic heterocycles. The second-order valence-electron chi connectivity index (χ2n) is 8.91. The fourth-order valence-corrected chi connectivity index (χ4v) is 4.81. The molecule has 0 spiro atoms. The van der Waals surface area contributed by atoms with Crippen LogP contribution in [0.2, 0.25) is 0 Å². The van der Waals surface area contributed by atoms with Gasteiger partial charge in [0.25, 0.3) is 0 Å². The van der Waals surface area contributed by atoms with E-state index in [4.69, 9.17) is 14.7 Å². The maximum Gasteiger partial charge on any atom is 0.417 e. The predicted molar refractivity (Wildman–Crippen MR) is 108 cm³/mol. The summed E-state index contributed by atoms with van der Waals surface area (Å²) in [7, 11) is 0. The lowest BCUT2D eigenvalue weighted by atomic mass is 9.78. The molecule has 0 radical (unpaired) electrons. The Hall–Kier alpha value is -3.39. The monoisotopic (exact) mass is 465 g/mol. The van der Waals surface area contributed by atoms with E-state index in [2.05, 4.69) is 5.32 Å². The molecule has 1 saturated heterocycles. The predicted octanol–water partition coefficient (Wildman–Crippen LogP) is 4.15. The number of carbonyl (C=O) groups is 1. The van der Waals surface area contributed by atoms with E-state index in [9.17, 15) is 28.2 Å². The number of halogens is 3. The molecular formula is C22H22F3N3O5. The molecule has 33 heavy (non-hydrogen) atoms. The standard InChI is InChI=1S/C22H22F3N3O5/c1-10(2)27-19(31)32-14-8-20(3)15-16(21(14,4)33-20)18(30)28(17(15)29)12-6-5-11(9-26)13(7-12)22(23,24)25/h5-7,10,14,29-30H,8H2,1-4H3,(H,27,31)/t14-,20+,21-/m1/s1. The van der Waals surface area contributed by atoms with Crippen LogP contribution >= 0.6 is 0 Å². The molecule has 3 N–H and O–H groups in total. The number of carbonyl (C=O) groups excluding carboxylic acids is 1. The average Bonchev–Trinajstić information content (AvgIpc) is 3.21. The van der Waals surface area contributed by atoms with Crippen LogP contribution in [0.25, 0.3) is 5.69 Å². The fourth-order valence-electron chi connectivity index (χ4n) is 4.81. The number of aromatic hydroxyl groups is 2. The number of hydrogen-bond donors (Lipinski definition) is 3. The van der Waals surface area contributed by atoms with Gasteiger partial charge in [-0.05, 0) is 45.9 Å². The molecule has 1 fully saturated rings. The van der Waals surface area contributed by atoms with Crippen LogP contribution in [-0.2, 0) is 26.9 Å². The molecule has 8 nitrogen and oxygen atoms in total. The van der Waals surface area contributed by atoms with Gasteiger partial charge in [-0.2, -0.15) is 18.4 Å². The van der Waals surface area contributed by atoms with Gasteiger partial charge in [0.1, 0.15) is 17.3 Å². The van der Waals surface area contributed by atoms with Gasteiger partial charge in [-0.15, -0.1) is 0 Å². The van der Waals surface area contributed by atoms with Crippen LogP contribution in [0.4, 0.5) is 18.0 Å². The van der Waals surface area contributed by atoms with Crippen LogP contribution < -0.4 is 5.32 Å². The van der Waals surface area contributed by atoms with Crippen molar-refractivity contribution in [3.8, 4) is 23.5 Å². The van der Waals surface area contributed by atoms with Crippen LogP contribution in [0, 0.1) is 11.3 Å². The van der Waals surface area contributed by atoms with Crippen molar-refractivity contribution in [1.82, 2.24) is 9.88 Å². The Morgan fingerprint density at radius 2 is 1.94 bits per heavy atom. The third-order valence-electron chi connectivity index (χ3n) is 6.12. The minimum absolute atomic E-state index is 0.133. The van der Waals surface area contributed by atoms with E-state index in [0.717, 1.165) is 10.6 Å². The smallest absolute Gasteiger partial charge is 0.417 e. The number of alkyl carbamates (subject to hydrolysis) is 1. The highest BCUT2D eigenvalue weighted by molar-refractivity contribution is 5.69. The van der Waals surface area contributed by atoms with Crippen molar-refractivity contribution >= 4 is 6.09 Å². The summed E-state index contributed by atoms with van der Waals surface area (Å²) in [6, 6.07) is 4.17. The van der Waals surface area contributed by atoms with Gasteiger partial charge in [0.2, 0.25) is 11.8 Å². The normalized spacial score (nSPS) is 25.7. The maximum atomic E-state index is 13.5. The fraction of sp³-hybridized carbons (Fsp3) is 0.455. The maximum absolute atomic E-state index is 13.5. The molecular weight excluding hydrogens is 443 g/mol. The SMILES string of the molecule is CC(C)NC(=O)O[C@@H]1C[C@]2(C)O[C@@]1(C)c1c2c(O)n(-c2ccc(C#N)c(C(F)(F)F)c2)c1O. The summed E-state index contributed by atoms with van der Waals surface area (Å²) in [5.41, 5.74) is -4.12. The van der Waals surface area contributed by atoms with Crippen molar-refractivity contribution < 1.29 is 37.7 Å². The van der Waals surface area contributed by atoms with Crippen LogP contribution in [-0.4, -0.2) is 33.0 Å². The molecule has 176 valence electrons. The molecule has 3 atom stereocenters. The van der Waals surface area contributed by atoms with Crippen molar-refractivity contribution in [1.29, 1.82) is 5.26 Å². The van der Waals surface area contributed by atoms with Gasteiger partial charge in [0.15, 0.2) is 0 Å². The second kappa shape index (κ2) is 7.05. The first-order chi connectivity index (χ1) is 15.2. The largest absolute Gasteiger partial charge is 0.494 e. The molecule has 0 aliphatic carbocycles. The highest BCUT2D eigenvalue weighted by atomic mass is 19.4. The summed E-state index contributed by atoms with van der Waals surface area (Å²) in [5.74, 6) is -1.03. The minimum Gasteiger partial charge on any atom is -0.494 e. The Bertz CT molecular complexity index is 1200. The van der Waals surface area contributed by atoms with Gasteiger partial charge < -0.3 is 25.0 Å². The Morgan fingerprint density at radius 3 is 2.52 bits per heavy atom. The lowest BCUT2D eigenvalue weighted by Crippen LogP contribution is -2.41. The number of hydrogen-bond acceptors (Lipinski definition) is 6. The first-order valence-electron chi connectivity index (χ1n) is 10.2. The van der Waals surface area contributed by atoms with Gasteiger partial charge in [-0.3, -0.25) is 4.57 Å². The van der Waals surface area contributed by atoms with Crippen LogP contribution in [0.5, 0.6) is 11.8 Å². The molecule has 3 heterocycles. The van der Waals surface area contributed by atoms with Gasteiger partial charge in [-0.1, -0.05) is 0 Å². The Morgan fingerprint density at radius 1 is 1.30 bits per heavy atom. The second-order valence-corrected chi connectivity index (χ2v) is 8.91. The summed E-state index contributed by atoms with van der Waals surface area (Å²) in [6.45, 7) is 6.75. The first kappa shape index (κ1) is 22.8. The van der Waals surface area contributed by atoms with Crippen molar-refractivity contribution in [3.05, 3.63) is 40.5 Å². The number of aromatic nitrogens is 1. The van der Waals surface area contributed by atoms with Crippen LogP contribution in [0.1, 0.15) is 56.4 Å². The molecule has 2 bridgehead atoms. The summed E-state index contributed by atoms with van der Waals surface area (Å²) < 4.78 is 52.8. The zero-order valence-electron chi connectivity index (χ0n) is 18.2. The zero-order valence-corrected chi connectivity index (χ0v) is 18.2.